The molecule has 0 aliphatic heterocycles. The van der Waals surface area contributed by atoms with Gasteiger partial charge >= 0.3 is 0 Å². The second kappa shape index (κ2) is 8.91. The minimum Gasteiger partial charge on any atom is -0.312 e. The Kier molecular flexibility index (Phi) is 7.93. The van der Waals surface area contributed by atoms with Gasteiger partial charge in [-0.3, -0.25) is 0 Å². The molecule has 0 spiro atoms. The third kappa shape index (κ3) is 5.63. The van der Waals surface area contributed by atoms with E-state index in [1.165, 1.54) is 5.56 Å². The summed E-state index contributed by atoms with van der Waals surface area (Å²) in [5.41, 5.74) is 2.39. The van der Waals surface area contributed by atoms with E-state index < -0.39 is 0 Å². The Morgan fingerprint density at radius 2 is 1.70 bits per heavy atom. The van der Waals surface area contributed by atoms with Crippen LogP contribution in [0.2, 0.25) is 10.0 Å². The van der Waals surface area contributed by atoms with E-state index in [9.17, 15) is 0 Å². The molecule has 0 aliphatic carbocycles. The molecule has 0 heterocycles. The zero-order chi connectivity index (χ0) is 13.7. The Hall–Kier alpha value is -0.250. The zero-order valence-electron chi connectivity index (χ0n) is 10.7. The summed E-state index contributed by atoms with van der Waals surface area (Å²) in [6, 6.07) is 13.9. The first-order valence-corrected chi connectivity index (χ1v) is 7.59. The van der Waals surface area contributed by atoms with Gasteiger partial charge < -0.3 is 5.32 Å². The molecule has 5 heteroatoms. The van der Waals surface area contributed by atoms with Crippen LogP contribution in [0.4, 0.5) is 0 Å². The normalized spacial score (nSPS) is 10.2. The highest BCUT2D eigenvalue weighted by Crippen LogP contribution is 2.21. The maximum Gasteiger partial charge on any atom is 0.0453 e. The summed E-state index contributed by atoms with van der Waals surface area (Å²) in [6.07, 6.45) is 0.895. The standard InChI is InChI=1S/C15H14BrCl2N.ClH/c16-13-4-1-11(2-5-13)10-19-8-7-12-3-6-14(17)9-15(12)18;/h1-6,9,19H,7-8,10H2;1H. The maximum absolute atomic E-state index is 6.13. The van der Waals surface area contributed by atoms with E-state index in [2.05, 4.69) is 33.4 Å². The second-order valence-corrected chi connectivity index (χ2v) is 6.05. The molecule has 2 rings (SSSR count). The Morgan fingerprint density at radius 3 is 2.35 bits per heavy atom. The van der Waals surface area contributed by atoms with Crippen LogP contribution in [0.5, 0.6) is 0 Å². The first-order valence-electron chi connectivity index (χ1n) is 6.04. The molecule has 1 N–H and O–H groups in total. The van der Waals surface area contributed by atoms with Crippen molar-refractivity contribution in [1.82, 2.24) is 5.32 Å². The van der Waals surface area contributed by atoms with Crippen molar-refractivity contribution in [2.75, 3.05) is 6.54 Å². The van der Waals surface area contributed by atoms with Crippen molar-refractivity contribution in [2.45, 2.75) is 13.0 Å². The lowest BCUT2D eigenvalue weighted by Gasteiger charge is -2.07. The van der Waals surface area contributed by atoms with Gasteiger partial charge in [0.25, 0.3) is 0 Å². The monoisotopic (exact) mass is 393 g/mol. The molecule has 0 aromatic heterocycles. The van der Waals surface area contributed by atoms with Gasteiger partial charge in [-0.05, 0) is 48.4 Å². The highest BCUT2D eigenvalue weighted by Gasteiger charge is 2.01. The Balaban J connectivity index is 0.00000200. The van der Waals surface area contributed by atoms with E-state index in [1.807, 2.05) is 24.3 Å². The summed E-state index contributed by atoms with van der Waals surface area (Å²) >= 11 is 15.4. The SMILES string of the molecule is Cl.Clc1ccc(CCNCc2ccc(Br)cc2)c(Cl)c1. The van der Waals surface area contributed by atoms with Gasteiger partial charge in [-0.25, -0.2) is 0 Å². The number of rotatable bonds is 5. The highest BCUT2D eigenvalue weighted by atomic mass is 79.9. The molecule has 108 valence electrons. The van der Waals surface area contributed by atoms with E-state index >= 15 is 0 Å². The van der Waals surface area contributed by atoms with Crippen LogP contribution in [0.1, 0.15) is 11.1 Å². The van der Waals surface area contributed by atoms with Crippen molar-refractivity contribution >= 4 is 51.5 Å². The molecule has 0 amide bonds. The van der Waals surface area contributed by atoms with Crippen LogP contribution in [0, 0.1) is 0 Å². The van der Waals surface area contributed by atoms with Gasteiger partial charge in [-0.15, -0.1) is 12.4 Å². The fourth-order valence-corrected chi connectivity index (χ4v) is 2.55. The van der Waals surface area contributed by atoms with E-state index in [1.54, 1.807) is 6.07 Å². The summed E-state index contributed by atoms with van der Waals surface area (Å²) in [4.78, 5) is 0. The highest BCUT2D eigenvalue weighted by molar-refractivity contribution is 9.10. The lowest BCUT2D eigenvalue weighted by Crippen LogP contribution is -2.16. The van der Waals surface area contributed by atoms with Crippen LogP contribution >= 0.6 is 51.5 Å². The minimum atomic E-state index is 0. The number of nitrogens with one attached hydrogen (secondary N) is 1. The Bertz CT molecular complexity index is 543. The third-order valence-corrected chi connectivity index (χ3v) is 3.94. The van der Waals surface area contributed by atoms with Crippen molar-refractivity contribution in [3.05, 3.63) is 68.1 Å². The Labute approximate surface area is 144 Å². The van der Waals surface area contributed by atoms with Crippen molar-refractivity contribution < 1.29 is 0 Å². The number of hydrogen-bond acceptors (Lipinski definition) is 1. The quantitative estimate of drug-likeness (QED) is 0.658. The van der Waals surface area contributed by atoms with Gasteiger partial charge in [-0.1, -0.05) is 57.3 Å². The number of benzene rings is 2. The predicted octanol–water partition coefficient (Wildman–Crippen LogP) is 5.51. The average Bonchev–Trinajstić information content (AvgIpc) is 2.39. The summed E-state index contributed by atoms with van der Waals surface area (Å²) in [7, 11) is 0. The molecule has 0 bridgehead atoms. The molecule has 20 heavy (non-hydrogen) atoms. The largest absolute Gasteiger partial charge is 0.312 e. The second-order valence-electron chi connectivity index (χ2n) is 4.29. The summed E-state index contributed by atoms with van der Waals surface area (Å²) in [5.74, 6) is 0. The van der Waals surface area contributed by atoms with E-state index in [0.717, 1.165) is 34.6 Å². The lowest BCUT2D eigenvalue weighted by molar-refractivity contribution is 0.687. The Morgan fingerprint density at radius 1 is 1.00 bits per heavy atom. The molecule has 1 nitrogen and oxygen atoms in total. The smallest absolute Gasteiger partial charge is 0.0453 e. The van der Waals surface area contributed by atoms with Crippen LogP contribution in [-0.2, 0) is 13.0 Å². The topological polar surface area (TPSA) is 12.0 Å². The average molecular weight is 396 g/mol. The first kappa shape index (κ1) is 17.8. The lowest BCUT2D eigenvalue weighted by atomic mass is 10.1. The molecule has 0 saturated heterocycles. The van der Waals surface area contributed by atoms with Gasteiger partial charge in [0, 0.05) is 21.1 Å². The first-order chi connectivity index (χ1) is 9.15. The predicted molar refractivity (Wildman–Crippen MR) is 93.3 cm³/mol. The molecule has 0 fully saturated rings. The molecular weight excluding hydrogens is 380 g/mol. The van der Waals surface area contributed by atoms with Crippen molar-refractivity contribution in [2.24, 2.45) is 0 Å². The molecule has 2 aromatic carbocycles. The number of halogens is 4. The van der Waals surface area contributed by atoms with Gasteiger partial charge in [0.2, 0.25) is 0 Å². The molecule has 2 aromatic rings. The van der Waals surface area contributed by atoms with Gasteiger partial charge in [0.1, 0.15) is 0 Å². The van der Waals surface area contributed by atoms with Crippen LogP contribution in [0.15, 0.2) is 46.9 Å². The van der Waals surface area contributed by atoms with E-state index in [0.29, 0.717) is 5.02 Å². The molecule has 0 atom stereocenters. The van der Waals surface area contributed by atoms with E-state index in [-0.39, 0.29) is 12.4 Å². The fraction of sp³-hybridized carbons (Fsp3) is 0.200. The van der Waals surface area contributed by atoms with Crippen LogP contribution in [0.25, 0.3) is 0 Å². The van der Waals surface area contributed by atoms with Crippen molar-refractivity contribution in [1.29, 1.82) is 0 Å². The van der Waals surface area contributed by atoms with E-state index in [4.69, 9.17) is 23.2 Å². The maximum atomic E-state index is 6.13. The fourth-order valence-electron chi connectivity index (χ4n) is 1.78. The van der Waals surface area contributed by atoms with Gasteiger partial charge in [0.15, 0.2) is 0 Å². The molecule has 0 radical (unpaired) electrons. The van der Waals surface area contributed by atoms with Crippen molar-refractivity contribution in [3.8, 4) is 0 Å². The molecule has 0 aliphatic rings. The molecule has 0 saturated carbocycles. The van der Waals surface area contributed by atoms with Crippen LogP contribution in [0.3, 0.4) is 0 Å². The summed E-state index contributed by atoms with van der Waals surface area (Å²) in [5, 5.41) is 4.82. The van der Waals surface area contributed by atoms with Crippen molar-refractivity contribution in [3.63, 3.8) is 0 Å². The summed E-state index contributed by atoms with van der Waals surface area (Å²) < 4.78 is 1.10. The number of hydrogen-bond donors (Lipinski definition) is 1. The molecule has 0 unspecified atom stereocenters. The zero-order valence-corrected chi connectivity index (χ0v) is 14.6. The van der Waals surface area contributed by atoms with Crippen LogP contribution in [-0.4, -0.2) is 6.54 Å². The molecular formula is C15H15BrCl3N. The van der Waals surface area contributed by atoms with Crippen LogP contribution < -0.4 is 5.32 Å². The summed E-state index contributed by atoms with van der Waals surface area (Å²) in [6.45, 7) is 1.75. The third-order valence-electron chi connectivity index (χ3n) is 2.83. The minimum absolute atomic E-state index is 0. The van der Waals surface area contributed by atoms with Gasteiger partial charge in [0.05, 0.1) is 0 Å². The van der Waals surface area contributed by atoms with Gasteiger partial charge in [-0.2, -0.15) is 0 Å².